The first-order chi connectivity index (χ1) is 7.74. The van der Waals surface area contributed by atoms with E-state index in [1.807, 2.05) is 12.2 Å². The molecule has 1 aromatic carbocycles. The van der Waals surface area contributed by atoms with E-state index in [1.165, 1.54) is 18.6 Å². The summed E-state index contributed by atoms with van der Waals surface area (Å²) in [5, 5.41) is 8.48. The number of unbranched alkanes of at least 4 members (excludes halogenated alkanes) is 1. The fraction of sp³-hybridized carbons (Fsp3) is 0.357. The third-order valence-corrected chi connectivity index (χ3v) is 1.83. The Morgan fingerprint density at radius 3 is 2.24 bits per heavy atom. The topological polar surface area (TPSA) is 20.2 Å². The van der Waals surface area contributed by atoms with Crippen LogP contribution in [-0.2, 0) is 0 Å². The molecule has 0 spiro atoms. The zero-order valence-corrected chi connectivity index (χ0v) is 10.8. The maximum absolute atomic E-state index is 12.4. The summed E-state index contributed by atoms with van der Waals surface area (Å²) in [4.78, 5) is 0. The van der Waals surface area contributed by atoms with E-state index in [-0.39, 0.29) is 31.3 Å². The smallest absolute Gasteiger partial charge is 0.396 e. The van der Waals surface area contributed by atoms with Gasteiger partial charge in [0.15, 0.2) is 0 Å². The van der Waals surface area contributed by atoms with E-state index in [1.54, 1.807) is 12.1 Å². The van der Waals surface area contributed by atoms with Crippen LogP contribution in [0.25, 0.3) is 6.08 Å². The minimum Gasteiger partial charge on any atom is -0.396 e. The van der Waals surface area contributed by atoms with Gasteiger partial charge in [-0.1, -0.05) is 37.6 Å². The Morgan fingerprint density at radius 2 is 1.82 bits per heavy atom. The Bertz CT molecular complexity index is 281. The summed E-state index contributed by atoms with van der Waals surface area (Å²) < 4.78 is 12.4. The first kappa shape index (κ1) is 18.8. The molecular weight excluding hydrogens is 210 g/mol. The molecule has 1 nitrogen and oxygen atoms in total. The van der Waals surface area contributed by atoms with Crippen LogP contribution < -0.4 is 18.9 Å². The number of benzene rings is 1. The molecule has 0 saturated carbocycles. The largest absolute Gasteiger partial charge is 1.00 e. The van der Waals surface area contributed by atoms with Gasteiger partial charge in [0.1, 0.15) is 5.82 Å². The molecule has 0 bridgehead atoms. The van der Waals surface area contributed by atoms with Crippen molar-refractivity contribution in [3.63, 3.8) is 0 Å². The fourth-order valence-electron chi connectivity index (χ4n) is 0.868. The Kier molecular flexibility index (Phi) is 14.9. The van der Waals surface area contributed by atoms with Crippen molar-refractivity contribution in [3.8, 4) is 0 Å². The second-order valence-corrected chi connectivity index (χ2v) is 3.32. The minimum atomic E-state index is -0.227. The Balaban J connectivity index is 0. The van der Waals surface area contributed by atoms with Gasteiger partial charge in [-0.2, -0.15) is 6.42 Å². The molecule has 0 fully saturated rings. The van der Waals surface area contributed by atoms with Gasteiger partial charge in [0.25, 0.3) is 0 Å². The molecule has 0 heterocycles. The van der Waals surface area contributed by atoms with E-state index in [0.717, 1.165) is 12.0 Å². The molecular formula is C14H20FLiO. The average Bonchev–Trinajstić information content (AvgIpc) is 2.32. The van der Waals surface area contributed by atoms with E-state index in [0.29, 0.717) is 6.42 Å². The molecule has 0 saturated heterocycles. The van der Waals surface area contributed by atoms with Crippen LogP contribution in [0.5, 0.6) is 0 Å². The van der Waals surface area contributed by atoms with Crippen LogP contribution in [0.3, 0.4) is 0 Å². The number of aliphatic hydroxyl groups is 1. The SMILES string of the molecule is OCCC=Cc1ccc(F)cc1.[CH2-]CCC.[Li+]. The molecule has 0 atom stereocenters. The molecule has 1 N–H and O–H groups in total. The van der Waals surface area contributed by atoms with Crippen molar-refractivity contribution in [1.29, 1.82) is 0 Å². The number of hydrogen-bond donors (Lipinski definition) is 1. The molecule has 0 unspecified atom stereocenters. The molecule has 3 heteroatoms. The summed E-state index contributed by atoms with van der Waals surface area (Å²) in [7, 11) is 0. The van der Waals surface area contributed by atoms with Crippen LogP contribution in [0.1, 0.15) is 31.7 Å². The molecule has 90 valence electrons. The predicted octanol–water partition coefficient (Wildman–Crippen LogP) is 0.846. The predicted molar refractivity (Wildman–Crippen MR) is 67.4 cm³/mol. The molecule has 1 aromatic rings. The van der Waals surface area contributed by atoms with Crippen LogP contribution in [-0.4, -0.2) is 11.7 Å². The normalized spacial score (nSPS) is 9.41. The van der Waals surface area contributed by atoms with Crippen molar-refractivity contribution >= 4 is 6.08 Å². The first-order valence-corrected chi connectivity index (χ1v) is 5.56. The molecule has 0 aliphatic carbocycles. The van der Waals surface area contributed by atoms with Crippen LogP contribution in [0.4, 0.5) is 4.39 Å². The second kappa shape index (κ2) is 13.5. The molecule has 0 aliphatic rings. The maximum Gasteiger partial charge on any atom is 1.00 e. The van der Waals surface area contributed by atoms with Gasteiger partial charge in [0, 0.05) is 6.61 Å². The molecule has 0 amide bonds. The third kappa shape index (κ3) is 11.7. The zero-order chi connectivity index (χ0) is 12.2. The number of aliphatic hydroxyl groups excluding tert-OH is 1. The molecule has 0 aliphatic heterocycles. The van der Waals surface area contributed by atoms with Crippen molar-refractivity contribution in [2.45, 2.75) is 26.2 Å². The van der Waals surface area contributed by atoms with Crippen LogP contribution in [0.2, 0.25) is 0 Å². The van der Waals surface area contributed by atoms with E-state index < -0.39 is 0 Å². The van der Waals surface area contributed by atoms with Gasteiger partial charge in [-0.3, -0.25) is 0 Å². The quantitative estimate of drug-likeness (QED) is 0.600. The summed E-state index contributed by atoms with van der Waals surface area (Å²) in [5.74, 6) is -0.227. The summed E-state index contributed by atoms with van der Waals surface area (Å²) >= 11 is 0. The van der Waals surface area contributed by atoms with Crippen molar-refractivity contribution in [2.75, 3.05) is 6.61 Å². The summed E-state index contributed by atoms with van der Waals surface area (Å²) in [6.07, 6.45) is 6.63. The van der Waals surface area contributed by atoms with E-state index in [9.17, 15) is 4.39 Å². The summed E-state index contributed by atoms with van der Waals surface area (Å²) in [6.45, 7) is 5.87. The van der Waals surface area contributed by atoms with E-state index >= 15 is 0 Å². The fourth-order valence-corrected chi connectivity index (χ4v) is 0.868. The molecule has 17 heavy (non-hydrogen) atoms. The van der Waals surface area contributed by atoms with Crippen LogP contribution in [0, 0.1) is 12.7 Å². The number of halogens is 1. The van der Waals surface area contributed by atoms with Crippen molar-refractivity contribution in [1.82, 2.24) is 0 Å². The first-order valence-electron chi connectivity index (χ1n) is 5.56. The third-order valence-electron chi connectivity index (χ3n) is 1.83. The number of hydrogen-bond acceptors (Lipinski definition) is 1. The molecule has 0 aromatic heterocycles. The van der Waals surface area contributed by atoms with Crippen LogP contribution in [0.15, 0.2) is 30.3 Å². The second-order valence-electron chi connectivity index (χ2n) is 3.32. The monoisotopic (exact) mass is 230 g/mol. The van der Waals surface area contributed by atoms with E-state index in [2.05, 4.69) is 13.8 Å². The van der Waals surface area contributed by atoms with Gasteiger partial charge < -0.3 is 12.0 Å². The standard InChI is InChI=1S/C10H11FO.C4H9.Li/c11-10-6-4-9(5-7-10)3-1-2-8-12;1-3-4-2;/h1,3-7,12H,2,8H2;1,3-4H2,2H3;/q;-1;+1. The average molecular weight is 230 g/mol. The van der Waals surface area contributed by atoms with Crippen molar-refractivity contribution in [2.24, 2.45) is 0 Å². The Morgan fingerprint density at radius 1 is 1.29 bits per heavy atom. The van der Waals surface area contributed by atoms with Crippen molar-refractivity contribution < 1.29 is 28.4 Å². The Hall–Kier alpha value is -0.553. The van der Waals surface area contributed by atoms with Gasteiger partial charge in [0.2, 0.25) is 0 Å². The van der Waals surface area contributed by atoms with Gasteiger partial charge >= 0.3 is 18.9 Å². The Labute approximate surface area is 116 Å². The molecule has 0 radical (unpaired) electrons. The summed E-state index contributed by atoms with van der Waals surface area (Å²) in [6, 6.07) is 6.23. The number of rotatable bonds is 4. The van der Waals surface area contributed by atoms with Crippen molar-refractivity contribution in [3.05, 3.63) is 48.6 Å². The maximum atomic E-state index is 12.4. The van der Waals surface area contributed by atoms with Gasteiger partial charge in [-0.15, -0.1) is 0 Å². The zero-order valence-electron chi connectivity index (χ0n) is 10.8. The van der Waals surface area contributed by atoms with Crippen LogP contribution >= 0.6 is 0 Å². The molecule has 1 rings (SSSR count). The van der Waals surface area contributed by atoms with E-state index in [4.69, 9.17) is 5.11 Å². The van der Waals surface area contributed by atoms with Gasteiger partial charge in [-0.25, -0.2) is 4.39 Å². The minimum absolute atomic E-state index is 0. The van der Waals surface area contributed by atoms with Gasteiger partial charge in [-0.05, 0) is 24.1 Å². The summed E-state index contributed by atoms with van der Waals surface area (Å²) in [5.41, 5.74) is 0.949. The van der Waals surface area contributed by atoms with Gasteiger partial charge in [0.05, 0.1) is 0 Å².